The maximum atomic E-state index is 13.7. The third-order valence-corrected chi connectivity index (χ3v) is 7.00. The van der Waals surface area contributed by atoms with Gasteiger partial charge < -0.3 is 20.9 Å². The molecule has 1 aromatic heterocycles. The summed E-state index contributed by atoms with van der Waals surface area (Å²) in [4.78, 5) is 4.64. The van der Waals surface area contributed by atoms with E-state index in [2.05, 4.69) is 10.3 Å². The molecule has 0 amide bonds. The van der Waals surface area contributed by atoms with E-state index in [4.69, 9.17) is 10.5 Å². The topological polar surface area (TPSA) is 80.4 Å². The highest BCUT2D eigenvalue weighted by Gasteiger charge is 2.26. The normalized spacial score (nSPS) is 19.3. The molecule has 3 aromatic rings. The number of fused-ring (bicyclic) bond motifs is 1. The summed E-state index contributed by atoms with van der Waals surface area (Å²) in [5.41, 5.74) is 9.67. The first kappa shape index (κ1) is 25.2. The van der Waals surface area contributed by atoms with E-state index in [-0.39, 0.29) is 18.2 Å². The summed E-state index contributed by atoms with van der Waals surface area (Å²) in [7, 11) is 1.59. The van der Waals surface area contributed by atoms with Gasteiger partial charge in [0.1, 0.15) is 11.6 Å². The first-order chi connectivity index (χ1) is 17.0. The zero-order valence-corrected chi connectivity index (χ0v) is 20.0. The van der Waals surface area contributed by atoms with Crippen molar-refractivity contribution in [3.63, 3.8) is 0 Å². The van der Waals surface area contributed by atoms with Gasteiger partial charge in [-0.05, 0) is 73.4 Å². The van der Waals surface area contributed by atoms with Gasteiger partial charge >= 0.3 is 0 Å². The Morgan fingerprint density at radius 1 is 1.11 bits per heavy atom. The average Bonchev–Trinajstić information content (AvgIpc) is 2.88. The summed E-state index contributed by atoms with van der Waals surface area (Å²) in [5.74, 6) is 0.0943. The third-order valence-electron chi connectivity index (χ3n) is 7.00. The van der Waals surface area contributed by atoms with Gasteiger partial charge in [-0.1, -0.05) is 24.3 Å². The lowest BCUT2D eigenvalue weighted by Crippen LogP contribution is -2.39. The summed E-state index contributed by atoms with van der Waals surface area (Å²) < 4.78 is 32.3. The highest BCUT2D eigenvalue weighted by Crippen LogP contribution is 2.30. The third kappa shape index (κ3) is 6.23. The highest BCUT2D eigenvalue weighted by atomic mass is 19.1. The lowest BCUT2D eigenvalue weighted by Gasteiger charge is -2.32. The predicted octanol–water partition coefficient (Wildman–Crippen LogP) is 4.75. The molecule has 1 aliphatic rings. The average molecular weight is 482 g/mol. The van der Waals surface area contributed by atoms with Gasteiger partial charge in [0.2, 0.25) is 5.88 Å². The minimum Gasteiger partial charge on any atom is -0.481 e. The Labute approximate surface area is 205 Å². The highest BCUT2D eigenvalue weighted by molar-refractivity contribution is 5.85. The monoisotopic (exact) mass is 481 g/mol. The lowest BCUT2D eigenvalue weighted by molar-refractivity contribution is 0.261. The smallest absolute Gasteiger partial charge is 0.213 e. The van der Waals surface area contributed by atoms with Gasteiger partial charge in [0.15, 0.2) is 0 Å². The molecule has 0 radical (unpaired) electrons. The van der Waals surface area contributed by atoms with Crippen molar-refractivity contribution >= 4 is 17.0 Å². The van der Waals surface area contributed by atoms with E-state index < -0.39 is 11.6 Å². The molecule has 2 aromatic carbocycles. The van der Waals surface area contributed by atoms with Crippen molar-refractivity contribution in [2.24, 2.45) is 11.7 Å². The van der Waals surface area contributed by atoms with Crippen LogP contribution < -0.4 is 15.8 Å². The standard InChI is InChI=1S/C28H33F2N3O2/c1-35-27-13-11-24-21(17-34)5-4-20(28(24)33-27)16-26(31)18-6-9-23(10-7-18)32-14-2-3-19-15-22(29)8-12-25(19)30/h2-5,8,11-13,15,18,23,26,32,34H,6-7,9-10,14,16-17,31H2,1H3/t18?,23?,26-/m1/s1. The molecule has 0 saturated heterocycles. The summed E-state index contributed by atoms with van der Waals surface area (Å²) in [5, 5.41) is 14.1. The number of hydrogen-bond acceptors (Lipinski definition) is 5. The van der Waals surface area contributed by atoms with Crippen LogP contribution >= 0.6 is 0 Å². The quantitative estimate of drug-likeness (QED) is 0.411. The Morgan fingerprint density at radius 2 is 1.89 bits per heavy atom. The molecule has 1 saturated carbocycles. The van der Waals surface area contributed by atoms with Crippen LogP contribution in [0.4, 0.5) is 8.78 Å². The van der Waals surface area contributed by atoms with Crippen LogP contribution in [-0.4, -0.2) is 35.8 Å². The minimum absolute atomic E-state index is 0.0166. The molecule has 35 heavy (non-hydrogen) atoms. The van der Waals surface area contributed by atoms with E-state index in [0.29, 0.717) is 30.8 Å². The van der Waals surface area contributed by atoms with Gasteiger partial charge in [0.25, 0.3) is 0 Å². The Bertz CT molecular complexity index is 1180. The summed E-state index contributed by atoms with van der Waals surface area (Å²) >= 11 is 0. The van der Waals surface area contributed by atoms with Crippen LogP contribution in [0.2, 0.25) is 0 Å². The number of aliphatic hydroxyl groups excluding tert-OH is 1. The Balaban J connectivity index is 1.31. The SMILES string of the molecule is COc1ccc2c(CO)ccc(C[C@@H](N)C3CCC(NCC=Cc4cc(F)ccc4F)CC3)c2n1. The van der Waals surface area contributed by atoms with Crippen molar-refractivity contribution in [2.45, 2.75) is 50.8 Å². The maximum absolute atomic E-state index is 13.7. The molecule has 0 aliphatic heterocycles. The van der Waals surface area contributed by atoms with Crippen molar-refractivity contribution in [1.82, 2.24) is 10.3 Å². The molecule has 7 heteroatoms. The van der Waals surface area contributed by atoms with Gasteiger partial charge in [-0.3, -0.25) is 0 Å². The van der Waals surface area contributed by atoms with Crippen molar-refractivity contribution < 1.29 is 18.6 Å². The van der Waals surface area contributed by atoms with E-state index in [1.807, 2.05) is 30.3 Å². The second-order valence-electron chi connectivity index (χ2n) is 9.25. The molecule has 4 N–H and O–H groups in total. The van der Waals surface area contributed by atoms with Gasteiger partial charge in [0, 0.05) is 35.6 Å². The summed E-state index contributed by atoms with van der Waals surface area (Å²) in [6.07, 6.45) is 8.27. The summed E-state index contributed by atoms with van der Waals surface area (Å²) in [6, 6.07) is 11.6. The van der Waals surface area contributed by atoms with Gasteiger partial charge in [-0.15, -0.1) is 0 Å². The number of nitrogens with two attached hydrogens (primary N) is 1. The molecular weight excluding hydrogens is 448 g/mol. The number of nitrogens with one attached hydrogen (secondary N) is 1. The fraction of sp³-hybridized carbons (Fsp3) is 0.393. The van der Waals surface area contributed by atoms with Crippen molar-refractivity contribution in [2.75, 3.05) is 13.7 Å². The van der Waals surface area contributed by atoms with E-state index in [1.54, 1.807) is 13.2 Å². The van der Waals surface area contributed by atoms with Crippen LogP contribution in [-0.2, 0) is 13.0 Å². The molecule has 0 spiro atoms. The van der Waals surface area contributed by atoms with Crippen LogP contribution in [0.25, 0.3) is 17.0 Å². The number of pyridine rings is 1. The second kappa shape index (κ2) is 11.7. The van der Waals surface area contributed by atoms with Crippen molar-refractivity contribution in [3.05, 3.63) is 76.9 Å². The van der Waals surface area contributed by atoms with Gasteiger partial charge in [-0.25, -0.2) is 13.8 Å². The molecule has 1 heterocycles. The number of aliphatic hydroxyl groups is 1. The largest absolute Gasteiger partial charge is 0.481 e. The van der Waals surface area contributed by atoms with Crippen LogP contribution in [0.15, 0.2) is 48.5 Å². The number of halogens is 2. The Morgan fingerprint density at radius 3 is 2.63 bits per heavy atom. The van der Waals surface area contributed by atoms with Gasteiger partial charge in [-0.2, -0.15) is 0 Å². The van der Waals surface area contributed by atoms with E-state index in [0.717, 1.165) is 59.8 Å². The van der Waals surface area contributed by atoms with E-state index >= 15 is 0 Å². The number of rotatable bonds is 9. The molecule has 4 rings (SSSR count). The van der Waals surface area contributed by atoms with Crippen LogP contribution in [0.5, 0.6) is 5.88 Å². The van der Waals surface area contributed by atoms with Crippen molar-refractivity contribution in [1.29, 1.82) is 0 Å². The second-order valence-corrected chi connectivity index (χ2v) is 9.25. The maximum Gasteiger partial charge on any atom is 0.213 e. The molecule has 5 nitrogen and oxygen atoms in total. The number of aromatic nitrogens is 1. The molecule has 1 atom stereocenters. The zero-order valence-electron chi connectivity index (χ0n) is 20.0. The molecule has 1 aliphatic carbocycles. The number of nitrogens with zero attached hydrogens (tertiary/aromatic N) is 1. The van der Waals surface area contributed by atoms with Crippen LogP contribution in [0.1, 0.15) is 42.4 Å². The van der Waals surface area contributed by atoms with Crippen LogP contribution in [0, 0.1) is 17.6 Å². The van der Waals surface area contributed by atoms with E-state index in [1.165, 1.54) is 6.07 Å². The number of methoxy groups -OCH3 is 1. The lowest BCUT2D eigenvalue weighted by atomic mass is 9.79. The minimum atomic E-state index is -0.444. The van der Waals surface area contributed by atoms with Gasteiger partial charge in [0.05, 0.1) is 19.2 Å². The van der Waals surface area contributed by atoms with E-state index in [9.17, 15) is 13.9 Å². The number of ether oxygens (including phenoxy) is 1. The molecular formula is C28H33F2N3O2. The number of hydrogen-bond donors (Lipinski definition) is 3. The fourth-order valence-corrected chi connectivity index (χ4v) is 4.97. The first-order valence-electron chi connectivity index (χ1n) is 12.2. The first-order valence-corrected chi connectivity index (χ1v) is 12.2. The molecule has 0 bridgehead atoms. The Kier molecular flexibility index (Phi) is 8.44. The Hall–Kier alpha value is -2.87. The fourth-order valence-electron chi connectivity index (χ4n) is 4.97. The predicted molar refractivity (Wildman–Crippen MR) is 135 cm³/mol. The molecule has 186 valence electrons. The van der Waals surface area contributed by atoms with Crippen LogP contribution in [0.3, 0.4) is 0 Å². The molecule has 1 fully saturated rings. The van der Waals surface area contributed by atoms with Crippen molar-refractivity contribution in [3.8, 4) is 5.88 Å². The molecule has 0 unspecified atom stereocenters. The number of benzene rings is 2. The summed E-state index contributed by atoms with van der Waals surface area (Å²) in [6.45, 7) is 0.564. The zero-order chi connectivity index (χ0) is 24.8.